The molecule has 3 aromatic carbocycles. The number of allylic oxidation sites excluding steroid dienone is 1. The molecule has 0 radical (unpaired) electrons. The highest BCUT2D eigenvalue weighted by Gasteiger charge is 2.36. The van der Waals surface area contributed by atoms with Crippen molar-refractivity contribution < 1.29 is 24.1 Å². The molecular weight excluding hydrogens is 580 g/mol. The highest BCUT2D eigenvalue weighted by Crippen LogP contribution is 2.39. The van der Waals surface area contributed by atoms with E-state index < -0.39 is 17.6 Å². The summed E-state index contributed by atoms with van der Waals surface area (Å²) in [7, 11) is 3.07. The van der Waals surface area contributed by atoms with Crippen LogP contribution in [0.15, 0.2) is 98.0 Å². The van der Waals surface area contributed by atoms with Gasteiger partial charge in [0.25, 0.3) is 5.56 Å². The number of phenols is 1. The standard InChI is InChI=1S/C33H32N4O6S/c1-5-10-25-29(32(40)43-6-2)30(24-19-23(41-3)14-16-27(24)42-4)37-31(39)28(44-33(37)34-25)18-20-17-22(13-15-26(20)38)36-35-21-11-8-7-9-12-21/h7-9,11-19,30,38H,5-6,10H2,1-4H3/b28-18-,36-35?/t30-/m0/s1. The van der Waals surface area contributed by atoms with Crippen molar-refractivity contribution in [3.8, 4) is 17.2 Å². The molecule has 0 aliphatic carbocycles. The normalized spacial score (nSPS) is 14.8. The third kappa shape index (κ3) is 6.18. The number of hydrogen-bond donors (Lipinski definition) is 1. The van der Waals surface area contributed by atoms with Crippen LogP contribution in [-0.4, -0.2) is 36.5 Å². The lowest BCUT2D eigenvalue weighted by molar-refractivity contribution is -0.139. The van der Waals surface area contributed by atoms with Crippen LogP contribution in [0.25, 0.3) is 6.08 Å². The number of rotatable bonds is 10. The number of aromatic hydroxyl groups is 1. The Morgan fingerprint density at radius 3 is 2.50 bits per heavy atom. The molecule has 44 heavy (non-hydrogen) atoms. The van der Waals surface area contributed by atoms with Crippen molar-refractivity contribution in [2.75, 3.05) is 20.8 Å². The lowest BCUT2D eigenvalue weighted by Gasteiger charge is -2.27. The van der Waals surface area contributed by atoms with Crippen molar-refractivity contribution >= 4 is 34.8 Å². The summed E-state index contributed by atoms with van der Waals surface area (Å²) in [5, 5.41) is 19.2. The van der Waals surface area contributed by atoms with Crippen molar-refractivity contribution in [1.29, 1.82) is 0 Å². The summed E-state index contributed by atoms with van der Waals surface area (Å²) >= 11 is 1.16. The van der Waals surface area contributed by atoms with Crippen molar-refractivity contribution in [3.05, 3.63) is 109 Å². The lowest BCUT2D eigenvalue weighted by atomic mass is 9.93. The molecule has 4 aromatic rings. The van der Waals surface area contributed by atoms with Gasteiger partial charge in [0.05, 0.1) is 48.0 Å². The Morgan fingerprint density at radius 2 is 1.80 bits per heavy atom. The van der Waals surface area contributed by atoms with Gasteiger partial charge in [-0.05, 0) is 68.0 Å². The molecule has 1 aromatic heterocycles. The molecule has 0 unspecified atom stereocenters. The van der Waals surface area contributed by atoms with Gasteiger partial charge in [-0.25, -0.2) is 9.79 Å². The van der Waals surface area contributed by atoms with Gasteiger partial charge in [0.15, 0.2) is 4.80 Å². The average molecular weight is 613 g/mol. The maximum absolute atomic E-state index is 14.2. The molecule has 10 nitrogen and oxygen atoms in total. The first-order valence-corrected chi connectivity index (χ1v) is 14.9. The maximum atomic E-state index is 14.2. The van der Waals surface area contributed by atoms with Crippen LogP contribution in [0.1, 0.15) is 43.9 Å². The van der Waals surface area contributed by atoms with Crippen molar-refractivity contribution in [3.63, 3.8) is 0 Å². The largest absolute Gasteiger partial charge is 0.507 e. The summed E-state index contributed by atoms with van der Waals surface area (Å²) in [6.07, 6.45) is 2.81. The second-order valence-electron chi connectivity index (χ2n) is 9.80. The van der Waals surface area contributed by atoms with Crippen LogP contribution in [0.3, 0.4) is 0 Å². The molecule has 2 heterocycles. The number of aromatic nitrogens is 1. The Kier molecular flexibility index (Phi) is 9.35. The highest BCUT2D eigenvalue weighted by atomic mass is 32.1. The van der Waals surface area contributed by atoms with Crippen LogP contribution in [0, 0.1) is 0 Å². The van der Waals surface area contributed by atoms with Crippen LogP contribution < -0.4 is 24.4 Å². The van der Waals surface area contributed by atoms with Gasteiger partial charge in [0, 0.05) is 11.1 Å². The minimum atomic E-state index is -0.890. The Labute approximate surface area is 257 Å². The van der Waals surface area contributed by atoms with E-state index in [-0.39, 0.29) is 17.9 Å². The number of fused-ring (bicyclic) bond motifs is 1. The van der Waals surface area contributed by atoms with E-state index in [9.17, 15) is 14.7 Å². The SMILES string of the molecule is CCCC1=C(C(=O)OCC)[C@H](c2cc(OC)ccc2OC)n2c(s/c(=C\c3cc(N=Nc4ccccc4)ccc3O)c2=O)=N1. The van der Waals surface area contributed by atoms with E-state index in [1.54, 1.807) is 50.4 Å². The summed E-state index contributed by atoms with van der Waals surface area (Å²) in [6, 6.07) is 18.4. The van der Waals surface area contributed by atoms with Gasteiger partial charge in [-0.2, -0.15) is 10.2 Å². The van der Waals surface area contributed by atoms with Gasteiger partial charge in [0.2, 0.25) is 0 Å². The van der Waals surface area contributed by atoms with Crippen LogP contribution in [0.2, 0.25) is 0 Å². The van der Waals surface area contributed by atoms with Crippen LogP contribution in [-0.2, 0) is 9.53 Å². The summed E-state index contributed by atoms with van der Waals surface area (Å²) < 4.78 is 18.5. The fourth-order valence-electron chi connectivity index (χ4n) is 4.94. The number of methoxy groups -OCH3 is 2. The summed E-state index contributed by atoms with van der Waals surface area (Å²) in [5.74, 6) is 0.419. The molecule has 0 spiro atoms. The number of benzene rings is 3. The van der Waals surface area contributed by atoms with Crippen LogP contribution >= 0.6 is 11.3 Å². The minimum absolute atomic E-state index is 0.0283. The Balaban J connectivity index is 1.71. The summed E-state index contributed by atoms with van der Waals surface area (Å²) in [4.78, 5) is 32.9. The first-order chi connectivity index (χ1) is 21.4. The number of esters is 1. The smallest absolute Gasteiger partial charge is 0.338 e. The quantitative estimate of drug-likeness (QED) is 0.181. The van der Waals surface area contributed by atoms with Gasteiger partial charge >= 0.3 is 5.97 Å². The Bertz CT molecular complexity index is 1930. The first-order valence-electron chi connectivity index (χ1n) is 14.1. The molecule has 1 atom stereocenters. The predicted molar refractivity (Wildman–Crippen MR) is 168 cm³/mol. The fraction of sp³-hybridized carbons (Fsp3) is 0.242. The third-order valence-electron chi connectivity index (χ3n) is 6.96. The number of thiazole rings is 1. The van der Waals surface area contributed by atoms with Crippen LogP contribution in [0.4, 0.5) is 11.4 Å². The van der Waals surface area contributed by atoms with Gasteiger partial charge in [-0.15, -0.1) is 0 Å². The van der Waals surface area contributed by atoms with Gasteiger partial charge in [-0.1, -0.05) is 42.9 Å². The molecule has 1 aliphatic rings. The first kappa shape index (κ1) is 30.4. The molecule has 1 N–H and O–H groups in total. The molecule has 0 amide bonds. The molecule has 0 bridgehead atoms. The number of hydrogen-bond acceptors (Lipinski definition) is 10. The van der Waals surface area contributed by atoms with Crippen LogP contribution in [0.5, 0.6) is 17.2 Å². The monoisotopic (exact) mass is 612 g/mol. The van der Waals surface area contributed by atoms with E-state index >= 15 is 0 Å². The molecule has 0 saturated carbocycles. The minimum Gasteiger partial charge on any atom is -0.507 e. The topological polar surface area (TPSA) is 124 Å². The molecule has 11 heteroatoms. The van der Waals surface area contributed by atoms with E-state index in [4.69, 9.17) is 19.2 Å². The van der Waals surface area contributed by atoms with Gasteiger partial charge < -0.3 is 19.3 Å². The van der Waals surface area contributed by atoms with Gasteiger partial charge in [-0.3, -0.25) is 9.36 Å². The average Bonchev–Trinajstić information content (AvgIpc) is 3.35. The number of nitrogens with zero attached hydrogens (tertiary/aromatic N) is 4. The highest BCUT2D eigenvalue weighted by molar-refractivity contribution is 7.07. The van der Waals surface area contributed by atoms with Gasteiger partial charge in [0.1, 0.15) is 23.3 Å². The summed E-state index contributed by atoms with van der Waals surface area (Å²) in [5.41, 5.74) is 2.54. The number of ether oxygens (including phenoxy) is 3. The van der Waals surface area contributed by atoms with Crippen molar-refractivity contribution in [1.82, 2.24) is 4.57 Å². The molecule has 1 aliphatic heterocycles. The third-order valence-corrected chi connectivity index (χ3v) is 7.94. The zero-order valence-electron chi connectivity index (χ0n) is 24.8. The van der Waals surface area contributed by atoms with E-state index in [0.717, 1.165) is 17.8 Å². The lowest BCUT2D eigenvalue weighted by Crippen LogP contribution is -2.40. The number of azo groups is 1. The number of carbonyl (C=O) groups is 1. The molecule has 226 valence electrons. The van der Waals surface area contributed by atoms with E-state index in [1.165, 1.54) is 17.7 Å². The molecule has 0 saturated heterocycles. The second kappa shape index (κ2) is 13.5. The van der Waals surface area contributed by atoms with Crippen molar-refractivity contribution in [2.24, 2.45) is 15.2 Å². The fourth-order valence-corrected chi connectivity index (χ4v) is 5.95. The second-order valence-corrected chi connectivity index (χ2v) is 10.8. The Hall–Kier alpha value is -5.03. The molecule has 0 fully saturated rings. The Morgan fingerprint density at radius 1 is 1.02 bits per heavy atom. The molecular formula is C33H32N4O6S. The van der Waals surface area contributed by atoms with E-state index in [0.29, 0.717) is 55.5 Å². The van der Waals surface area contributed by atoms with E-state index in [2.05, 4.69) is 10.2 Å². The zero-order chi connectivity index (χ0) is 31.2. The molecule has 5 rings (SSSR count). The number of carbonyl (C=O) groups excluding carboxylic acids is 1. The summed E-state index contributed by atoms with van der Waals surface area (Å²) in [6.45, 7) is 3.88. The van der Waals surface area contributed by atoms with Crippen molar-refractivity contribution in [2.45, 2.75) is 32.7 Å². The number of phenolic OH excluding ortho intramolecular Hbond substituents is 1. The zero-order valence-corrected chi connectivity index (χ0v) is 25.6. The predicted octanol–water partition coefficient (Wildman–Crippen LogP) is 5.72. The maximum Gasteiger partial charge on any atom is 0.338 e. The van der Waals surface area contributed by atoms with E-state index in [1.807, 2.05) is 37.3 Å².